The maximum absolute atomic E-state index is 6.37. The van der Waals surface area contributed by atoms with Crippen molar-refractivity contribution in [2.75, 3.05) is 0 Å². The third-order valence-electron chi connectivity index (χ3n) is 4.64. The molecule has 1 aliphatic heterocycles. The van der Waals surface area contributed by atoms with Gasteiger partial charge in [0.15, 0.2) is 0 Å². The van der Waals surface area contributed by atoms with E-state index in [1.165, 1.54) is 0 Å². The van der Waals surface area contributed by atoms with Crippen LogP contribution in [0.15, 0.2) is 72.8 Å². The Bertz CT molecular complexity index is 1100. The number of benzene rings is 3. The van der Waals surface area contributed by atoms with Crippen LogP contribution in [0.3, 0.4) is 0 Å². The molecule has 0 bridgehead atoms. The number of fused-ring (bicyclic) bond motifs is 5. The van der Waals surface area contributed by atoms with Gasteiger partial charge in [-0.25, -0.2) is 0 Å². The molecule has 4 aromatic rings. The zero-order chi connectivity index (χ0) is 17.0. The molecule has 2 heterocycles. The average Bonchev–Trinajstić information content (AvgIpc) is 3.00. The maximum atomic E-state index is 6.37. The lowest BCUT2D eigenvalue weighted by atomic mass is 9.93. The Morgan fingerprint density at radius 3 is 2.60 bits per heavy atom. The number of hydrogen-bond acceptors (Lipinski definition) is 1. The summed E-state index contributed by atoms with van der Waals surface area (Å²) in [7, 11) is 5.98. The highest BCUT2D eigenvalue weighted by molar-refractivity contribution is 6.32. The molecule has 5 rings (SSSR count). The van der Waals surface area contributed by atoms with Crippen molar-refractivity contribution in [1.82, 2.24) is 4.57 Å². The summed E-state index contributed by atoms with van der Waals surface area (Å²) in [6.45, 7) is 0. The van der Waals surface area contributed by atoms with Gasteiger partial charge in [-0.05, 0) is 36.4 Å². The van der Waals surface area contributed by atoms with E-state index in [2.05, 4.69) is 22.8 Å². The van der Waals surface area contributed by atoms with Crippen molar-refractivity contribution in [2.24, 2.45) is 0 Å². The predicted molar refractivity (Wildman–Crippen MR) is 103 cm³/mol. The number of nitrogens with zero attached hydrogens (tertiary/aromatic N) is 1. The Morgan fingerprint density at radius 2 is 1.76 bits per heavy atom. The molecule has 0 aliphatic carbocycles. The van der Waals surface area contributed by atoms with Crippen LogP contribution < -0.4 is 10.2 Å². The molecular weight excluding hydrogens is 329 g/mol. The third-order valence-corrected chi connectivity index (χ3v) is 4.88. The normalized spacial score (nSPS) is 15.5. The van der Waals surface area contributed by atoms with Crippen molar-refractivity contribution < 1.29 is 4.74 Å². The smallest absolute Gasteiger partial charge is 0.203 e. The first-order valence-corrected chi connectivity index (χ1v) is 8.50. The molecule has 0 amide bonds. The summed E-state index contributed by atoms with van der Waals surface area (Å²) in [5.41, 5.74) is 5.01. The van der Waals surface area contributed by atoms with Crippen LogP contribution in [-0.4, -0.2) is 12.4 Å². The van der Waals surface area contributed by atoms with Gasteiger partial charge in [0.05, 0.1) is 11.2 Å². The van der Waals surface area contributed by atoms with Gasteiger partial charge in [0, 0.05) is 21.5 Å². The van der Waals surface area contributed by atoms with Gasteiger partial charge in [0.25, 0.3) is 0 Å². The van der Waals surface area contributed by atoms with Gasteiger partial charge in [-0.1, -0.05) is 53.5 Å². The predicted octanol–water partition coefficient (Wildman–Crippen LogP) is 4.69. The first-order chi connectivity index (χ1) is 12.2. The summed E-state index contributed by atoms with van der Waals surface area (Å²) >= 11 is 6.20. The molecule has 118 valence electrons. The molecule has 0 unspecified atom stereocenters. The van der Waals surface area contributed by atoms with Gasteiger partial charge in [-0.3, -0.25) is 0 Å². The lowest BCUT2D eigenvalue weighted by Gasteiger charge is -2.30. The number of aromatic nitrogens is 1. The van der Waals surface area contributed by atoms with Gasteiger partial charge < -0.3 is 9.30 Å². The molecule has 0 saturated carbocycles. The molecule has 0 fully saturated rings. The van der Waals surface area contributed by atoms with Crippen molar-refractivity contribution in [3.05, 3.63) is 83.4 Å². The first kappa shape index (κ1) is 14.7. The number of ether oxygens (including phenoxy) is 1. The minimum Gasteiger partial charge on any atom is -0.465 e. The fourth-order valence-corrected chi connectivity index (χ4v) is 3.70. The van der Waals surface area contributed by atoms with E-state index < -0.39 is 0 Å². The second-order valence-corrected chi connectivity index (χ2v) is 6.68. The van der Waals surface area contributed by atoms with Crippen molar-refractivity contribution in [2.45, 2.75) is 6.23 Å². The molecule has 0 N–H and O–H groups in total. The van der Waals surface area contributed by atoms with Crippen LogP contribution in [0, 0.1) is 0 Å². The van der Waals surface area contributed by atoms with Crippen molar-refractivity contribution in [3.8, 4) is 17.0 Å². The molecule has 0 spiro atoms. The third kappa shape index (κ3) is 2.27. The summed E-state index contributed by atoms with van der Waals surface area (Å²) in [6.07, 6.45) is -0.246. The van der Waals surface area contributed by atoms with E-state index in [0.717, 1.165) is 38.5 Å². The van der Waals surface area contributed by atoms with Crippen LogP contribution >= 0.6 is 11.6 Å². The van der Waals surface area contributed by atoms with Gasteiger partial charge in [0.2, 0.25) is 6.23 Å². The van der Waals surface area contributed by atoms with Crippen LogP contribution in [0.5, 0.6) is 5.75 Å². The largest absolute Gasteiger partial charge is 0.465 e. The minimum atomic E-state index is -0.246. The van der Waals surface area contributed by atoms with Gasteiger partial charge >= 0.3 is 0 Å². The van der Waals surface area contributed by atoms with Crippen LogP contribution in [0.1, 0.15) is 11.8 Å². The molecule has 1 aromatic heterocycles. The molecule has 2 radical (unpaired) electrons. The van der Waals surface area contributed by atoms with E-state index in [9.17, 15) is 0 Å². The summed E-state index contributed by atoms with van der Waals surface area (Å²) in [4.78, 5) is 0. The second-order valence-electron chi connectivity index (χ2n) is 6.24. The lowest BCUT2D eigenvalue weighted by molar-refractivity contribution is 0.173. The zero-order valence-corrected chi connectivity index (χ0v) is 14.1. The lowest BCUT2D eigenvalue weighted by Crippen LogP contribution is -2.23. The topological polar surface area (TPSA) is 14.2 Å². The number of halogens is 1. The minimum absolute atomic E-state index is 0.246. The molecular formula is C21H13BClNO. The fourth-order valence-electron chi connectivity index (χ4n) is 3.52. The van der Waals surface area contributed by atoms with Crippen LogP contribution in [0.25, 0.3) is 22.2 Å². The molecule has 1 atom stereocenters. The van der Waals surface area contributed by atoms with Crippen LogP contribution in [0.2, 0.25) is 5.02 Å². The second kappa shape index (κ2) is 5.43. The molecule has 2 nitrogen and oxygen atoms in total. The highest BCUT2D eigenvalue weighted by Crippen LogP contribution is 2.43. The Hall–Kier alpha value is -2.65. The molecule has 3 aromatic carbocycles. The van der Waals surface area contributed by atoms with Crippen molar-refractivity contribution in [3.63, 3.8) is 0 Å². The highest BCUT2D eigenvalue weighted by atomic mass is 35.5. The van der Waals surface area contributed by atoms with E-state index in [4.69, 9.17) is 24.2 Å². The van der Waals surface area contributed by atoms with Crippen LogP contribution in [0.4, 0.5) is 0 Å². The average molecular weight is 342 g/mol. The van der Waals surface area contributed by atoms with E-state index in [0.29, 0.717) is 5.46 Å². The van der Waals surface area contributed by atoms with Crippen molar-refractivity contribution >= 4 is 35.8 Å². The van der Waals surface area contributed by atoms with Crippen LogP contribution in [-0.2, 0) is 0 Å². The van der Waals surface area contributed by atoms with E-state index in [1.807, 2.05) is 54.6 Å². The van der Waals surface area contributed by atoms with Gasteiger partial charge in [0.1, 0.15) is 13.6 Å². The number of hydrogen-bond donors (Lipinski definition) is 0. The molecule has 1 aliphatic rings. The molecule has 25 heavy (non-hydrogen) atoms. The Morgan fingerprint density at radius 1 is 0.920 bits per heavy atom. The van der Waals surface area contributed by atoms with Gasteiger partial charge in [-0.15, -0.1) is 0 Å². The summed E-state index contributed by atoms with van der Waals surface area (Å²) in [6, 6.07) is 24.1. The first-order valence-electron chi connectivity index (χ1n) is 8.13. The molecule has 0 saturated heterocycles. The SMILES string of the molecule is [B]c1ccc2c(c1)O[C@@H](c1ccccc1)n1c-2cc2cc(Cl)ccc21. The maximum Gasteiger partial charge on any atom is 0.203 e. The summed E-state index contributed by atoms with van der Waals surface area (Å²) < 4.78 is 8.59. The summed E-state index contributed by atoms with van der Waals surface area (Å²) in [5, 5.41) is 1.82. The zero-order valence-electron chi connectivity index (χ0n) is 13.3. The Labute approximate surface area is 152 Å². The Balaban J connectivity index is 1.84. The van der Waals surface area contributed by atoms with Crippen molar-refractivity contribution in [1.29, 1.82) is 0 Å². The van der Waals surface area contributed by atoms with Gasteiger partial charge in [-0.2, -0.15) is 0 Å². The monoisotopic (exact) mass is 341 g/mol. The highest BCUT2D eigenvalue weighted by Gasteiger charge is 2.28. The standard InChI is InChI=1S/C21H13BClNO/c22-15-6-8-17-19-11-14-10-16(23)7-9-18(14)24(19)21(25-20(17)12-15)13-4-2-1-3-5-13/h1-12,21H/t21-/m0/s1. The quantitative estimate of drug-likeness (QED) is 0.458. The van der Waals surface area contributed by atoms with E-state index in [-0.39, 0.29) is 6.23 Å². The van der Waals surface area contributed by atoms with E-state index >= 15 is 0 Å². The fraction of sp³-hybridized carbons (Fsp3) is 0.0476. The number of rotatable bonds is 1. The summed E-state index contributed by atoms with van der Waals surface area (Å²) in [5.74, 6) is 0.801. The Kier molecular flexibility index (Phi) is 3.19. The van der Waals surface area contributed by atoms with E-state index in [1.54, 1.807) is 0 Å². The molecule has 4 heteroatoms.